The summed E-state index contributed by atoms with van der Waals surface area (Å²) in [6.07, 6.45) is 0. The number of hydrogen-bond donors (Lipinski definition) is 2. The van der Waals surface area contributed by atoms with Crippen LogP contribution in [0.4, 0.5) is 16.2 Å². The summed E-state index contributed by atoms with van der Waals surface area (Å²) in [6, 6.07) is 5.04. The number of rotatable bonds is 3. The highest BCUT2D eigenvalue weighted by molar-refractivity contribution is 6.43. The summed E-state index contributed by atoms with van der Waals surface area (Å²) < 4.78 is 13.2. The van der Waals surface area contributed by atoms with E-state index in [4.69, 9.17) is 28.9 Å². The van der Waals surface area contributed by atoms with Gasteiger partial charge in [0, 0.05) is 18.2 Å². The van der Waals surface area contributed by atoms with Gasteiger partial charge in [-0.05, 0) is 6.07 Å². The number of aromatic nitrogens is 2. The topological polar surface area (TPSA) is 63.8 Å². The minimum Gasteiger partial charge on any atom is -0.383 e. The van der Waals surface area contributed by atoms with Gasteiger partial charge in [0.2, 0.25) is 5.95 Å². The average molecular weight is 301 g/mol. The lowest BCUT2D eigenvalue weighted by atomic mass is 10.0. The van der Waals surface area contributed by atoms with Crippen molar-refractivity contribution < 1.29 is 4.39 Å². The fraction of sp³-hybridized carbons (Fsp3) is 0.167. The number of anilines is 2. The predicted octanol–water partition coefficient (Wildman–Crippen LogP) is 3.54. The molecule has 0 atom stereocenters. The lowest BCUT2D eigenvalue weighted by molar-refractivity contribution is 0.477. The summed E-state index contributed by atoms with van der Waals surface area (Å²) >= 11 is 12.1. The van der Waals surface area contributed by atoms with Gasteiger partial charge in [0.05, 0.1) is 15.7 Å². The molecule has 19 heavy (non-hydrogen) atoms. The molecule has 2 aromatic rings. The molecule has 7 heteroatoms. The van der Waals surface area contributed by atoms with Gasteiger partial charge in [0.25, 0.3) is 0 Å². The van der Waals surface area contributed by atoms with E-state index >= 15 is 0 Å². The van der Waals surface area contributed by atoms with Gasteiger partial charge in [0.15, 0.2) is 0 Å². The molecule has 1 aromatic carbocycles. The van der Waals surface area contributed by atoms with Crippen LogP contribution in [0.5, 0.6) is 0 Å². The van der Waals surface area contributed by atoms with Crippen molar-refractivity contribution in [2.75, 3.05) is 18.1 Å². The third-order valence-electron chi connectivity index (χ3n) is 2.58. The molecule has 100 valence electrons. The molecule has 0 aliphatic carbocycles. The molecule has 0 saturated heterocycles. The van der Waals surface area contributed by atoms with E-state index in [1.807, 2.05) is 0 Å². The first-order valence-corrected chi connectivity index (χ1v) is 6.18. The second-order valence-corrected chi connectivity index (χ2v) is 4.52. The Balaban J connectivity index is 2.71. The van der Waals surface area contributed by atoms with Crippen LogP contribution in [0.25, 0.3) is 11.1 Å². The molecule has 0 aliphatic heterocycles. The first-order chi connectivity index (χ1) is 9.08. The zero-order chi connectivity index (χ0) is 14.0. The van der Waals surface area contributed by atoms with Crippen LogP contribution in [0.15, 0.2) is 18.2 Å². The fourth-order valence-electron chi connectivity index (χ4n) is 1.73. The summed E-state index contributed by atoms with van der Waals surface area (Å²) in [5.41, 5.74) is 6.92. The summed E-state index contributed by atoms with van der Waals surface area (Å²) in [6.45, 7) is -0.778. The molecular formula is C12H11Cl2FN4. The summed E-state index contributed by atoms with van der Waals surface area (Å²) in [4.78, 5) is 8.07. The van der Waals surface area contributed by atoms with Crippen molar-refractivity contribution in [2.45, 2.75) is 6.67 Å². The highest BCUT2D eigenvalue weighted by atomic mass is 35.5. The van der Waals surface area contributed by atoms with Crippen LogP contribution in [0, 0.1) is 0 Å². The van der Waals surface area contributed by atoms with Gasteiger partial charge in [0.1, 0.15) is 12.5 Å². The Bertz CT molecular complexity index is 619. The molecule has 3 N–H and O–H groups in total. The number of nitrogens with two attached hydrogens (primary N) is 1. The Labute approximate surface area is 119 Å². The second kappa shape index (κ2) is 5.59. The average Bonchev–Trinajstić information content (AvgIpc) is 2.41. The summed E-state index contributed by atoms with van der Waals surface area (Å²) in [5.74, 6) is 0.406. The van der Waals surface area contributed by atoms with Crippen LogP contribution in [-0.2, 0) is 6.67 Å². The maximum atomic E-state index is 13.2. The van der Waals surface area contributed by atoms with Gasteiger partial charge in [-0.3, -0.25) is 0 Å². The van der Waals surface area contributed by atoms with E-state index in [1.54, 1.807) is 25.2 Å². The van der Waals surface area contributed by atoms with Gasteiger partial charge in [-0.25, -0.2) is 9.37 Å². The van der Waals surface area contributed by atoms with Crippen LogP contribution in [0.3, 0.4) is 0 Å². The van der Waals surface area contributed by atoms with Crippen molar-refractivity contribution in [2.24, 2.45) is 0 Å². The lowest BCUT2D eigenvalue weighted by Crippen LogP contribution is -2.06. The summed E-state index contributed by atoms with van der Waals surface area (Å²) in [7, 11) is 1.63. The van der Waals surface area contributed by atoms with Crippen molar-refractivity contribution in [3.8, 4) is 11.1 Å². The van der Waals surface area contributed by atoms with E-state index in [0.29, 0.717) is 21.2 Å². The number of halogens is 3. The number of nitrogen functional groups attached to an aromatic ring is 1. The molecule has 1 aromatic heterocycles. The molecule has 0 saturated carbocycles. The van der Waals surface area contributed by atoms with Crippen LogP contribution in [0.1, 0.15) is 5.69 Å². The third-order valence-corrected chi connectivity index (χ3v) is 3.40. The van der Waals surface area contributed by atoms with E-state index < -0.39 is 6.67 Å². The lowest BCUT2D eigenvalue weighted by Gasteiger charge is -2.12. The first kappa shape index (κ1) is 13.8. The molecule has 0 bridgehead atoms. The number of nitrogens with one attached hydrogen (secondary N) is 1. The largest absolute Gasteiger partial charge is 0.383 e. The first-order valence-electron chi connectivity index (χ1n) is 5.43. The standard InChI is InChI=1S/C12H11Cl2FN4/c1-17-12-18-8(5-15)9(11(16)19-12)6-3-2-4-7(13)10(6)14/h2-4H,5H2,1H3,(H3,16,17,18,19). The molecule has 1 heterocycles. The number of nitrogens with zero attached hydrogens (tertiary/aromatic N) is 2. The minimum atomic E-state index is -0.778. The van der Waals surface area contributed by atoms with E-state index in [2.05, 4.69) is 15.3 Å². The van der Waals surface area contributed by atoms with Crippen molar-refractivity contribution >= 4 is 35.0 Å². The van der Waals surface area contributed by atoms with E-state index in [0.717, 1.165) is 0 Å². The van der Waals surface area contributed by atoms with E-state index in [9.17, 15) is 4.39 Å². The molecule has 4 nitrogen and oxygen atoms in total. The molecule has 0 spiro atoms. The van der Waals surface area contributed by atoms with Crippen LogP contribution < -0.4 is 11.1 Å². The summed E-state index contributed by atoms with van der Waals surface area (Å²) in [5, 5.41) is 3.38. The Morgan fingerprint density at radius 2 is 2.05 bits per heavy atom. The fourth-order valence-corrected chi connectivity index (χ4v) is 2.12. The second-order valence-electron chi connectivity index (χ2n) is 3.74. The quantitative estimate of drug-likeness (QED) is 0.910. The van der Waals surface area contributed by atoms with Crippen molar-refractivity contribution in [3.63, 3.8) is 0 Å². The molecule has 0 radical (unpaired) electrons. The van der Waals surface area contributed by atoms with Crippen molar-refractivity contribution in [3.05, 3.63) is 33.9 Å². The van der Waals surface area contributed by atoms with Crippen LogP contribution >= 0.6 is 23.2 Å². The molecule has 0 fully saturated rings. The molecular weight excluding hydrogens is 290 g/mol. The SMILES string of the molecule is CNc1nc(N)c(-c2cccc(Cl)c2Cl)c(CF)n1. The van der Waals surface area contributed by atoms with E-state index in [-0.39, 0.29) is 17.5 Å². The Hall–Kier alpha value is -1.59. The monoisotopic (exact) mass is 300 g/mol. The zero-order valence-electron chi connectivity index (χ0n) is 10.0. The zero-order valence-corrected chi connectivity index (χ0v) is 11.6. The number of benzene rings is 1. The normalized spacial score (nSPS) is 10.5. The van der Waals surface area contributed by atoms with Crippen molar-refractivity contribution in [1.29, 1.82) is 0 Å². The highest BCUT2D eigenvalue weighted by Gasteiger charge is 2.17. The van der Waals surface area contributed by atoms with Crippen LogP contribution in [0.2, 0.25) is 10.0 Å². The number of alkyl halides is 1. The number of hydrogen-bond acceptors (Lipinski definition) is 4. The highest BCUT2D eigenvalue weighted by Crippen LogP contribution is 2.37. The van der Waals surface area contributed by atoms with Gasteiger partial charge in [-0.1, -0.05) is 35.3 Å². The Kier molecular flexibility index (Phi) is 4.07. The predicted molar refractivity (Wildman–Crippen MR) is 76.3 cm³/mol. The minimum absolute atomic E-state index is 0.149. The molecule has 0 amide bonds. The molecule has 0 unspecified atom stereocenters. The third kappa shape index (κ3) is 2.57. The van der Waals surface area contributed by atoms with Gasteiger partial charge >= 0.3 is 0 Å². The van der Waals surface area contributed by atoms with E-state index in [1.165, 1.54) is 0 Å². The molecule has 2 rings (SSSR count). The molecule has 0 aliphatic rings. The maximum absolute atomic E-state index is 13.2. The van der Waals surface area contributed by atoms with Crippen LogP contribution in [-0.4, -0.2) is 17.0 Å². The van der Waals surface area contributed by atoms with Crippen molar-refractivity contribution in [1.82, 2.24) is 9.97 Å². The van der Waals surface area contributed by atoms with Gasteiger partial charge < -0.3 is 11.1 Å². The Morgan fingerprint density at radius 1 is 1.32 bits per heavy atom. The van der Waals surface area contributed by atoms with Gasteiger partial charge in [-0.2, -0.15) is 4.98 Å². The smallest absolute Gasteiger partial charge is 0.224 e. The van der Waals surface area contributed by atoms with Gasteiger partial charge in [-0.15, -0.1) is 0 Å². The maximum Gasteiger partial charge on any atom is 0.224 e. The Morgan fingerprint density at radius 3 is 2.68 bits per heavy atom.